The van der Waals surface area contributed by atoms with E-state index in [1.807, 2.05) is 18.2 Å². The van der Waals surface area contributed by atoms with Crippen LogP contribution in [0.25, 0.3) is 10.9 Å². The SMILES string of the molecule is CC1CCC(CN)(C(=O)Nc2cccc3cn[nH]c23)CC1. The molecule has 1 aromatic heterocycles. The van der Waals surface area contributed by atoms with Crippen molar-refractivity contribution in [1.29, 1.82) is 0 Å². The molecule has 4 N–H and O–H groups in total. The van der Waals surface area contributed by atoms with Crippen molar-refractivity contribution in [3.8, 4) is 0 Å². The molecule has 1 aliphatic rings. The summed E-state index contributed by atoms with van der Waals surface area (Å²) in [4.78, 5) is 12.8. The summed E-state index contributed by atoms with van der Waals surface area (Å²) in [6, 6.07) is 5.79. The fourth-order valence-electron chi connectivity index (χ4n) is 3.17. The highest BCUT2D eigenvalue weighted by Gasteiger charge is 2.39. The van der Waals surface area contributed by atoms with Crippen molar-refractivity contribution in [2.45, 2.75) is 32.6 Å². The molecule has 1 aromatic carbocycles. The van der Waals surface area contributed by atoms with Crippen LogP contribution in [0.2, 0.25) is 0 Å². The zero-order chi connectivity index (χ0) is 14.9. The minimum Gasteiger partial charge on any atom is -0.329 e. The van der Waals surface area contributed by atoms with Gasteiger partial charge < -0.3 is 11.1 Å². The topological polar surface area (TPSA) is 83.8 Å². The first-order valence-electron chi connectivity index (χ1n) is 7.58. The lowest BCUT2D eigenvalue weighted by Crippen LogP contribution is -2.44. The molecule has 0 unspecified atom stereocenters. The van der Waals surface area contributed by atoms with E-state index in [-0.39, 0.29) is 5.91 Å². The molecule has 2 aromatic rings. The predicted molar refractivity (Wildman–Crippen MR) is 83.8 cm³/mol. The summed E-state index contributed by atoms with van der Waals surface area (Å²) < 4.78 is 0. The van der Waals surface area contributed by atoms with Gasteiger partial charge in [-0.2, -0.15) is 5.10 Å². The Balaban J connectivity index is 1.83. The Hall–Kier alpha value is -1.88. The van der Waals surface area contributed by atoms with Gasteiger partial charge in [0.05, 0.1) is 22.8 Å². The third-order valence-electron chi connectivity index (χ3n) is 4.83. The largest absolute Gasteiger partial charge is 0.329 e. The van der Waals surface area contributed by atoms with E-state index in [9.17, 15) is 4.79 Å². The van der Waals surface area contributed by atoms with Crippen molar-refractivity contribution in [3.05, 3.63) is 24.4 Å². The number of carbonyl (C=O) groups excluding carboxylic acids is 1. The maximum atomic E-state index is 12.8. The molecule has 21 heavy (non-hydrogen) atoms. The molecule has 0 aliphatic heterocycles. The fraction of sp³-hybridized carbons (Fsp3) is 0.500. The van der Waals surface area contributed by atoms with Crippen LogP contribution in [0, 0.1) is 11.3 Å². The molecule has 5 nitrogen and oxygen atoms in total. The number of amides is 1. The molecule has 0 saturated heterocycles. The number of aromatic amines is 1. The summed E-state index contributed by atoms with van der Waals surface area (Å²) in [5, 5.41) is 11.0. The molecule has 1 amide bonds. The number of nitrogens with two attached hydrogens (primary N) is 1. The van der Waals surface area contributed by atoms with Gasteiger partial charge in [-0.1, -0.05) is 19.1 Å². The number of anilines is 1. The Morgan fingerprint density at radius 2 is 2.24 bits per heavy atom. The lowest BCUT2D eigenvalue weighted by atomic mass is 9.70. The van der Waals surface area contributed by atoms with Crippen LogP contribution in [0.1, 0.15) is 32.6 Å². The number of H-pyrrole nitrogens is 1. The number of para-hydroxylation sites is 1. The predicted octanol–water partition coefficient (Wildman–Crippen LogP) is 2.66. The van der Waals surface area contributed by atoms with E-state index in [0.29, 0.717) is 12.5 Å². The molecule has 1 aliphatic carbocycles. The molecule has 3 rings (SSSR count). The lowest BCUT2D eigenvalue weighted by Gasteiger charge is -2.37. The number of benzene rings is 1. The first-order valence-corrected chi connectivity index (χ1v) is 7.58. The normalized spacial score (nSPS) is 25.9. The van der Waals surface area contributed by atoms with Crippen molar-refractivity contribution in [1.82, 2.24) is 10.2 Å². The van der Waals surface area contributed by atoms with E-state index < -0.39 is 5.41 Å². The van der Waals surface area contributed by atoms with E-state index in [2.05, 4.69) is 22.4 Å². The average molecular weight is 286 g/mol. The number of nitrogens with zero attached hydrogens (tertiary/aromatic N) is 1. The monoisotopic (exact) mass is 286 g/mol. The smallest absolute Gasteiger partial charge is 0.231 e. The molecule has 0 bridgehead atoms. The summed E-state index contributed by atoms with van der Waals surface area (Å²) in [6.45, 7) is 2.65. The standard InChI is InChI=1S/C16H22N4O/c1-11-5-7-16(10-17,8-6-11)15(21)19-13-4-2-3-12-9-18-20-14(12)13/h2-4,9,11H,5-8,10,17H2,1H3,(H,18,20)(H,19,21). The van der Waals surface area contributed by atoms with E-state index in [4.69, 9.17) is 5.73 Å². The molecule has 5 heteroatoms. The number of aromatic nitrogens is 2. The minimum absolute atomic E-state index is 0.0407. The summed E-state index contributed by atoms with van der Waals surface area (Å²) in [5.74, 6) is 0.729. The highest BCUT2D eigenvalue weighted by molar-refractivity contribution is 6.02. The van der Waals surface area contributed by atoms with E-state index in [0.717, 1.165) is 42.3 Å². The van der Waals surface area contributed by atoms with Gasteiger partial charge in [-0.3, -0.25) is 9.89 Å². The molecule has 1 saturated carbocycles. The maximum absolute atomic E-state index is 12.8. The Morgan fingerprint density at radius 1 is 1.48 bits per heavy atom. The van der Waals surface area contributed by atoms with Crippen molar-refractivity contribution in [3.63, 3.8) is 0 Å². The zero-order valence-electron chi connectivity index (χ0n) is 12.4. The quantitative estimate of drug-likeness (QED) is 0.811. The van der Waals surface area contributed by atoms with Gasteiger partial charge >= 0.3 is 0 Å². The Bertz CT molecular complexity index is 641. The number of rotatable bonds is 3. The minimum atomic E-state index is -0.422. The highest BCUT2D eigenvalue weighted by Crippen LogP contribution is 2.39. The summed E-state index contributed by atoms with van der Waals surface area (Å²) >= 11 is 0. The number of nitrogens with one attached hydrogen (secondary N) is 2. The van der Waals surface area contributed by atoms with Crippen molar-refractivity contribution in [2.75, 3.05) is 11.9 Å². The van der Waals surface area contributed by atoms with Gasteiger partial charge in [0.25, 0.3) is 0 Å². The summed E-state index contributed by atoms with van der Waals surface area (Å²) in [5.41, 5.74) is 7.17. The van der Waals surface area contributed by atoms with Crippen LogP contribution in [0.3, 0.4) is 0 Å². The first kappa shape index (κ1) is 14.1. The van der Waals surface area contributed by atoms with Gasteiger partial charge in [-0.05, 0) is 37.7 Å². The van der Waals surface area contributed by atoms with Crippen LogP contribution in [-0.2, 0) is 4.79 Å². The van der Waals surface area contributed by atoms with Gasteiger partial charge in [-0.25, -0.2) is 0 Å². The Morgan fingerprint density at radius 3 is 2.95 bits per heavy atom. The second-order valence-electron chi connectivity index (χ2n) is 6.26. The lowest BCUT2D eigenvalue weighted by molar-refractivity contribution is -0.127. The van der Waals surface area contributed by atoms with Crippen LogP contribution >= 0.6 is 0 Å². The number of hydrogen-bond donors (Lipinski definition) is 3. The van der Waals surface area contributed by atoms with E-state index in [1.165, 1.54) is 0 Å². The molecule has 1 heterocycles. The van der Waals surface area contributed by atoms with Crippen LogP contribution in [0.4, 0.5) is 5.69 Å². The van der Waals surface area contributed by atoms with Gasteiger partial charge in [0.15, 0.2) is 0 Å². The second kappa shape index (κ2) is 5.48. The number of hydrogen-bond acceptors (Lipinski definition) is 3. The molecule has 0 radical (unpaired) electrons. The number of carbonyl (C=O) groups is 1. The third-order valence-corrected chi connectivity index (χ3v) is 4.83. The van der Waals surface area contributed by atoms with Gasteiger partial charge in [0, 0.05) is 11.9 Å². The maximum Gasteiger partial charge on any atom is 0.231 e. The highest BCUT2D eigenvalue weighted by atomic mass is 16.2. The average Bonchev–Trinajstić information content (AvgIpc) is 2.98. The molecule has 112 valence electrons. The van der Waals surface area contributed by atoms with Crippen LogP contribution in [-0.4, -0.2) is 22.6 Å². The van der Waals surface area contributed by atoms with Crippen LogP contribution in [0.5, 0.6) is 0 Å². The van der Waals surface area contributed by atoms with Gasteiger partial charge in [-0.15, -0.1) is 0 Å². The molecular formula is C16H22N4O. The fourth-order valence-corrected chi connectivity index (χ4v) is 3.17. The number of fused-ring (bicyclic) bond motifs is 1. The summed E-state index contributed by atoms with van der Waals surface area (Å²) in [7, 11) is 0. The van der Waals surface area contributed by atoms with Crippen molar-refractivity contribution in [2.24, 2.45) is 17.1 Å². The Kier molecular flexibility index (Phi) is 3.68. The van der Waals surface area contributed by atoms with E-state index in [1.54, 1.807) is 6.20 Å². The summed E-state index contributed by atoms with van der Waals surface area (Å²) in [6.07, 6.45) is 5.63. The second-order valence-corrected chi connectivity index (χ2v) is 6.26. The molecular weight excluding hydrogens is 264 g/mol. The third kappa shape index (κ3) is 2.53. The first-order chi connectivity index (χ1) is 10.1. The van der Waals surface area contributed by atoms with Crippen molar-refractivity contribution < 1.29 is 4.79 Å². The zero-order valence-corrected chi connectivity index (χ0v) is 12.4. The van der Waals surface area contributed by atoms with Crippen LogP contribution < -0.4 is 11.1 Å². The molecule has 0 spiro atoms. The van der Waals surface area contributed by atoms with Gasteiger partial charge in [0.1, 0.15) is 0 Å². The van der Waals surface area contributed by atoms with Crippen LogP contribution in [0.15, 0.2) is 24.4 Å². The Labute approximate surface area is 124 Å². The molecule has 0 atom stereocenters. The van der Waals surface area contributed by atoms with Crippen molar-refractivity contribution >= 4 is 22.5 Å². The van der Waals surface area contributed by atoms with E-state index >= 15 is 0 Å². The van der Waals surface area contributed by atoms with Gasteiger partial charge in [0.2, 0.25) is 5.91 Å². The molecule has 1 fully saturated rings.